The van der Waals surface area contributed by atoms with E-state index >= 15 is 0 Å². The Labute approximate surface area is 188 Å². The molecule has 31 heavy (non-hydrogen) atoms. The Hall–Kier alpha value is -3.21. The zero-order valence-corrected chi connectivity index (χ0v) is 19.8. The van der Waals surface area contributed by atoms with Crippen LogP contribution >= 0.6 is 0 Å². The Bertz CT molecular complexity index is 866. The summed E-state index contributed by atoms with van der Waals surface area (Å²) in [4.78, 5) is 8.71. The first kappa shape index (κ1) is 25.8. The second-order valence-electron chi connectivity index (χ2n) is 6.94. The van der Waals surface area contributed by atoms with Crippen molar-refractivity contribution in [2.24, 2.45) is 10.1 Å². The highest BCUT2D eigenvalue weighted by atomic mass is 15.3. The number of pyridine rings is 1. The molecule has 0 aliphatic carbocycles. The van der Waals surface area contributed by atoms with Gasteiger partial charge in [-0.1, -0.05) is 44.2 Å². The molecule has 5 heteroatoms. The summed E-state index contributed by atoms with van der Waals surface area (Å²) < 4.78 is 0. The zero-order chi connectivity index (χ0) is 23.1. The molecule has 1 aromatic heterocycles. The Morgan fingerprint density at radius 3 is 2.65 bits per heavy atom. The SMILES string of the molecule is C=CC(CNC(C/C=C1/C(/C=C/c2ccccn2)=NNC1C)=C(C)C)=N/C=C\C.CC. The fraction of sp³-hybridized carbons (Fsp3) is 0.346. The van der Waals surface area contributed by atoms with Crippen molar-refractivity contribution in [2.45, 2.75) is 54.0 Å². The molecule has 2 rings (SSSR count). The number of aliphatic imine (C=N–C) groups is 1. The lowest BCUT2D eigenvalue weighted by molar-refractivity contribution is 0.690. The highest BCUT2D eigenvalue weighted by molar-refractivity contribution is 6.12. The molecule has 5 nitrogen and oxygen atoms in total. The normalized spacial score (nSPS) is 17.2. The van der Waals surface area contributed by atoms with E-state index in [0.717, 1.165) is 23.5 Å². The van der Waals surface area contributed by atoms with Gasteiger partial charge in [0, 0.05) is 24.5 Å². The number of aromatic nitrogens is 1. The van der Waals surface area contributed by atoms with Gasteiger partial charge in [-0.3, -0.25) is 9.98 Å². The summed E-state index contributed by atoms with van der Waals surface area (Å²) >= 11 is 0. The predicted molar refractivity (Wildman–Crippen MR) is 136 cm³/mol. The summed E-state index contributed by atoms with van der Waals surface area (Å²) in [6.07, 6.45) is 14.3. The topological polar surface area (TPSA) is 61.7 Å². The maximum atomic E-state index is 4.46. The lowest BCUT2D eigenvalue weighted by atomic mass is 10.0. The van der Waals surface area contributed by atoms with E-state index in [1.165, 1.54) is 16.8 Å². The van der Waals surface area contributed by atoms with E-state index in [9.17, 15) is 0 Å². The summed E-state index contributed by atoms with van der Waals surface area (Å²) in [7, 11) is 0. The summed E-state index contributed by atoms with van der Waals surface area (Å²) in [5.74, 6) is 0. The van der Waals surface area contributed by atoms with Crippen LogP contribution in [0.5, 0.6) is 0 Å². The van der Waals surface area contributed by atoms with Gasteiger partial charge in [-0.2, -0.15) is 5.10 Å². The zero-order valence-electron chi connectivity index (χ0n) is 19.8. The molecule has 0 amide bonds. The van der Waals surface area contributed by atoms with Crippen molar-refractivity contribution in [3.63, 3.8) is 0 Å². The quantitative estimate of drug-likeness (QED) is 0.495. The Kier molecular flexibility index (Phi) is 12.3. The molecule has 0 saturated carbocycles. The van der Waals surface area contributed by atoms with Crippen molar-refractivity contribution >= 4 is 17.5 Å². The molecule has 2 N–H and O–H groups in total. The van der Waals surface area contributed by atoms with Gasteiger partial charge >= 0.3 is 0 Å². The molecular weight excluding hydrogens is 382 g/mol. The maximum Gasteiger partial charge on any atom is 0.0880 e. The van der Waals surface area contributed by atoms with Crippen LogP contribution < -0.4 is 10.7 Å². The molecule has 1 aliphatic rings. The first-order chi connectivity index (χ1) is 15.0. The van der Waals surface area contributed by atoms with Gasteiger partial charge in [0.05, 0.1) is 29.7 Å². The first-order valence-electron chi connectivity index (χ1n) is 10.9. The molecule has 166 valence electrons. The largest absolute Gasteiger partial charge is 0.382 e. The molecule has 0 radical (unpaired) electrons. The van der Waals surface area contributed by atoms with Crippen LogP contribution in [-0.2, 0) is 0 Å². The van der Waals surface area contributed by atoms with E-state index in [2.05, 4.69) is 59.2 Å². The van der Waals surface area contributed by atoms with E-state index in [1.54, 1.807) is 18.5 Å². The smallest absolute Gasteiger partial charge is 0.0880 e. The van der Waals surface area contributed by atoms with Crippen molar-refractivity contribution < 1.29 is 0 Å². The molecule has 1 aliphatic heterocycles. The van der Waals surface area contributed by atoms with Crippen LogP contribution in [0.3, 0.4) is 0 Å². The van der Waals surface area contributed by atoms with Crippen LogP contribution in [0.2, 0.25) is 0 Å². The van der Waals surface area contributed by atoms with Crippen molar-refractivity contribution in [1.82, 2.24) is 15.7 Å². The van der Waals surface area contributed by atoms with Gasteiger partial charge in [0.15, 0.2) is 0 Å². The molecule has 1 aromatic rings. The average Bonchev–Trinajstić information content (AvgIpc) is 3.15. The van der Waals surface area contributed by atoms with Crippen molar-refractivity contribution in [2.75, 3.05) is 6.54 Å². The minimum atomic E-state index is 0.178. The highest BCUT2D eigenvalue weighted by Crippen LogP contribution is 2.17. The molecule has 1 atom stereocenters. The number of hydrogen-bond acceptors (Lipinski definition) is 5. The Balaban J connectivity index is 0.00000233. The van der Waals surface area contributed by atoms with Gasteiger partial charge in [-0.25, -0.2) is 0 Å². The maximum absolute atomic E-state index is 4.46. The van der Waals surface area contributed by atoms with Crippen LogP contribution in [-0.4, -0.2) is 29.0 Å². The van der Waals surface area contributed by atoms with E-state index in [-0.39, 0.29) is 6.04 Å². The number of hydrogen-bond donors (Lipinski definition) is 2. The third kappa shape index (κ3) is 8.99. The second kappa shape index (κ2) is 14.7. The lowest BCUT2D eigenvalue weighted by Gasteiger charge is -2.13. The monoisotopic (exact) mass is 419 g/mol. The predicted octanol–water partition coefficient (Wildman–Crippen LogP) is 5.83. The first-order valence-corrected chi connectivity index (χ1v) is 10.9. The minimum absolute atomic E-state index is 0.178. The standard InChI is InChI=1S/C24H31N5.C2H6/c1-6-15-25-20(7-2)17-27-23(18(3)4)14-12-22-19(5)28-29-24(22)13-11-21-10-8-9-16-26-21;1-2/h6-13,15-16,19,27-28H,2,14,17H2,1,3-5H3;1-2H3/b13-11+,15-6-,22-12+,25-20?;. The third-order valence-corrected chi connectivity index (χ3v) is 4.48. The van der Waals surface area contributed by atoms with Crippen LogP contribution in [0.4, 0.5) is 0 Å². The number of nitrogens with zero attached hydrogens (tertiary/aromatic N) is 3. The summed E-state index contributed by atoms with van der Waals surface area (Å²) in [6, 6.07) is 6.04. The Morgan fingerprint density at radius 2 is 2.03 bits per heavy atom. The lowest BCUT2D eigenvalue weighted by Crippen LogP contribution is -2.22. The fourth-order valence-electron chi connectivity index (χ4n) is 2.78. The third-order valence-electron chi connectivity index (χ3n) is 4.48. The van der Waals surface area contributed by atoms with Gasteiger partial charge in [0.1, 0.15) is 0 Å². The molecule has 0 spiro atoms. The number of nitrogens with one attached hydrogen (secondary N) is 2. The van der Waals surface area contributed by atoms with Gasteiger partial charge in [0.25, 0.3) is 0 Å². The summed E-state index contributed by atoms with van der Waals surface area (Å²) in [5, 5.41) is 7.97. The molecule has 0 fully saturated rings. The molecule has 1 unspecified atom stereocenters. The van der Waals surface area contributed by atoms with Crippen LogP contribution in [0.25, 0.3) is 6.08 Å². The fourth-order valence-corrected chi connectivity index (χ4v) is 2.78. The summed E-state index contributed by atoms with van der Waals surface area (Å²) in [6.45, 7) is 16.8. The van der Waals surface area contributed by atoms with Crippen molar-refractivity contribution in [3.05, 3.63) is 84.0 Å². The average molecular weight is 420 g/mol. The van der Waals surface area contributed by atoms with Crippen LogP contribution in [0.15, 0.2) is 88.4 Å². The Morgan fingerprint density at radius 1 is 1.26 bits per heavy atom. The molecular formula is C26H37N5. The van der Waals surface area contributed by atoms with Crippen molar-refractivity contribution in [3.8, 4) is 0 Å². The van der Waals surface area contributed by atoms with E-state index < -0.39 is 0 Å². The number of hydrazone groups is 1. The number of rotatable bonds is 9. The van der Waals surface area contributed by atoms with E-state index in [1.807, 2.05) is 57.2 Å². The molecule has 0 saturated heterocycles. The van der Waals surface area contributed by atoms with E-state index in [0.29, 0.717) is 6.54 Å². The molecule has 2 heterocycles. The van der Waals surface area contributed by atoms with Crippen LogP contribution in [0.1, 0.15) is 53.7 Å². The van der Waals surface area contributed by atoms with Gasteiger partial charge < -0.3 is 10.7 Å². The van der Waals surface area contributed by atoms with Crippen LogP contribution in [0, 0.1) is 0 Å². The molecule has 0 aromatic carbocycles. The number of allylic oxidation sites excluding steroid dienone is 4. The minimum Gasteiger partial charge on any atom is -0.382 e. The highest BCUT2D eigenvalue weighted by Gasteiger charge is 2.18. The van der Waals surface area contributed by atoms with E-state index in [4.69, 9.17) is 0 Å². The summed E-state index contributed by atoms with van der Waals surface area (Å²) in [5.41, 5.74) is 9.54. The van der Waals surface area contributed by atoms with Gasteiger partial charge in [-0.15, -0.1) is 0 Å². The molecule has 0 bridgehead atoms. The second-order valence-corrected chi connectivity index (χ2v) is 6.94. The van der Waals surface area contributed by atoms with Gasteiger partial charge in [0.2, 0.25) is 0 Å². The van der Waals surface area contributed by atoms with Gasteiger partial charge in [-0.05, 0) is 63.6 Å². The van der Waals surface area contributed by atoms with Crippen molar-refractivity contribution in [1.29, 1.82) is 0 Å².